The fourth-order valence-corrected chi connectivity index (χ4v) is 6.57. The van der Waals surface area contributed by atoms with Crippen molar-refractivity contribution in [3.05, 3.63) is 129 Å². The van der Waals surface area contributed by atoms with Crippen molar-refractivity contribution in [2.45, 2.75) is 44.7 Å². The van der Waals surface area contributed by atoms with E-state index in [4.69, 9.17) is 23.2 Å². The maximum atomic E-state index is 14.4. The van der Waals surface area contributed by atoms with Gasteiger partial charge in [-0.3, -0.25) is 13.9 Å². The Balaban J connectivity index is 1.81. The Bertz CT molecular complexity index is 1710. The third-order valence-corrected chi connectivity index (χ3v) is 9.60. The molecule has 44 heavy (non-hydrogen) atoms. The summed E-state index contributed by atoms with van der Waals surface area (Å²) in [4.78, 5) is 29.4. The summed E-state index contributed by atoms with van der Waals surface area (Å²) in [6, 6.07) is 26.5. The number of carbonyl (C=O) groups is 2. The first-order chi connectivity index (χ1) is 21.0. The molecular weight excluding hydrogens is 617 g/mol. The van der Waals surface area contributed by atoms with Crippen molar-refractivity contribution in [2.24, 2.45) is 0 Å². The molecule has 4 aromatic carbocycles. The van der Waals surface area contributed by atoms with Crippen LogP contribution in [-0.2, 0) is 32.6 Å². The van der Waals surface area contributed by atoms with Gasteiger partial charge < -0.3 is 10.2 Å². The molecule has 1 atom stereocenters. The minimum absolute atomic E-state index is 0.0149. The quantitative estimate of drug-likeness (QED) is 0.187. The van der Waals surface area contributed by atoms with Crippen LogP contribution in [0.5, 0.6) is 0 Å². The predicted octanol–water partition coefficient (Wildman–Crippen LogP) is 6.58. The zero-order valence-electron chi connectivity index (χ0n) is 24.8. The van der Waals surface area contributed by atoms with Crippen LogP contribution in [-0.4, -0.2) is 44.3 Å². The molecule has 0 saturated heterocycles. The minimum Gasteiger partial charge on any atom is -0.355 e. The Morgan fingerprint density at radius 2 is 1.48 bits per heavy atom. The fourth-order valence-electron chi connectivity index (χ4n) is 4.82. The molecule has 4 rings (SSSR count). The molecule has 0 aliphatic carbocycles. The lowest BCUT2D eigenvalue weighted by Crippen LogP contribution is -2.53. The molecule has 0 aliphatic heterocycles. The average molecular weight is 653 g/mol. The van der Waals surface area contributed by atoms with E-state index in [0.29, 0.717) is 27.8 Å². The normalized spacial score (nSPS) is 11.9. The summed E-state index contributed by atoms with van der Waals surface area (Å²) in [7, 11) is -4.22. The lowest BCUT2D eigenvalue weighted by atomic mass is 10.0. The Morgan fingerprint density at radius 1 is 0.795 bits per heavy atom. The number of sulfonamides is 1. The van der Waals surface area contributed by atoms with Crippen LogP contribution in [0.25, 0.3) is 0 Å². The number of amides is 2. The van der Waals surface area contributed by atoms with Gasteiger partial charge in [-0.2, -0.15) is 0 Å². The maximum Gasteiger partial charge on any atom is 0.264 e. The van der Waals surface area contributed by atoms with Crippen molar-refractivity contribution in [1.29, 1.82) is 0 Å². The second-order valence-electron chi connectivity index (χ2n) is 10.5. The lowest BCUT2D eigenvalue weighted by Gasteiger charge is -2.34. The van der Waals surface area contributed by atoms with Gasteiger partial charge in [0.05, 0.1) is 10.6 Å². The number of hydrogen-bond acceptors (Lipinski definition) is 4. The summed E-state index contributed by atoms with van der Waals surface area (Å²) >= 11 is 12.3. The van der Waals surface area contributed by atoms with Gasteiger partial charge in [0.15, 0.2) is 0 Å². The van der Waals surface area contributed by atoms with Gasteiger partial charge >= 0.3 is 0 Å². The van der Waals surface area contributed by atoms with Crippen LogP contribution in [0.2, 0.25) is 10.0 Å². The molecule has 0 spiro atoms. The highest BCUT2D eigenvalue weighted by atomic mass is 35.5. The average Bonchev–Trinajstić information content (AvgIpc) is 3.00. The first kappa shape index (κ1) is 33.1. The minimum atomic E-state index is -4.22. The van der Waals surface area contributed by atoms with Crippen LogP contribution in [0.1, 0.15) is 29.2 Å². The monoisotopic (exact) mass is 651 g/mol. The summed E-state index contributed by atoms with van der Waals surface area (Å²) in [6.07, 6.45) is 0.229. The van der Waals surface area contributed by atoms with Gasteiger partial charge in [0, 0.05) is 29.6 Å². The van der Waals surface area contributed by atoms with E-state index in [9.17, 15) is 18.0 Å². The lowest BCUT2D eigenvalue weighted by molar-refractivity contribution is -0.140. The molecule has 0 fully saturated rings. The Labute approximate surface area is 269 Å². The zero-order valence-corrected chi connectivity index (χ0v) is 27.2. The number of nitrogens with one attached hydrogen (secondary N) is 1. The summed E-state index contributed by atoms with van der Waals surface area (Å²) in [5.41, 5.74) is 3.73. The molecule has 0 unspecified atom stereocenters. The van der Waals surface area contributed by atoms with Crippen molar-refractivity contribution in [3.8, 4) is 0 Å². The van der Waals surface area contributed by atoms with Gasteiger partial charge in [0.2, 0.25) is 11.8 Å². The molecule has 10 heteroatoms. The first-order valence-corrected chi connectivity index (χ1v) is 16.4. The number of carbonyl (C=O) groups excluding carboxylic acids is 2. The fraction of sp³-hybridized carbons (Fsp3) is 0.235. The molecule has 0 heterocycles. The van der Waals surface area contributed by atoms with E-state index in [0.717, 1.165) is 21.0 Å². The Morgan fingerprint density at radius 3 is 2.11 bits per heavy atom. The molecular formula is C34H35Cl2N3O4S. The van der Waals surface area contributed by atoms with Crippen molar-refractivity contribution in [1.82, 2.24) is 10.2 Å². The molecule has 7 nitrogen and oxygen atoms in total. The first-order valence-electron chi connectivity index (χ1n) is 14.2. The summed E-state index contributed by atoms with van der Waals surface area (Å²) in [6.45, 7) is 5.47. The molecule has 4 aromatic rings. The van der Waals surface area contributed by atoms with Gasteiger partial charge in [-0.15, -0.1) is 0 Å². The van der Waals surface area contributed by atoms with E-state index in [1.54, 1.807) is 37.3 Å². The van der Waals surface area contributed by atoms with E-state index in [1.807, 2.05) is 56.3 Å². The maximum absolute atomic E-state index is 14.4. The molecule has 0 radical (unpaired) electrons. The summed E-state index contributed by atoms with van der Waals surface area (Å²) in [5.74, 6) is -0.891. The van der Waals surface area contributed by atoms with E-state index in [1.165, 1.54) is 29.2 Å². The molecule has 1 N–H and O–H groups in total. The highest BCUT2D eigenvalue weighted by molar-refractivity contribution is 7.92. The van der Waals surface area contributed by atoms with Gasteiger partial charge in [-0.25, -0.2) is 8.42 Å². The second kappa shape index (κ2) is 14.8. The topological polar surface area (TPSA) is 86.8 Å². The number of hydrogen-bond donors (Lipinski definition) is 1. The molecule has 0 aliphatic rings. The van der Waals surface area contributed by atoms with E-state index >= 15 is 0 Å². The summed E-state index contributed by atoms with van der Waals surface area (Å²) < 4.78 is 29.3. The van der Waals surface area contributed by atoms with E-state index in [2.05, 4.69) is 5.32 Å². The van der Waals surface area contributed by atoms with Gasteiger partial charge in [-0.1, -0.05) is 71.7 Å². The molecule has 0 saturated carbocycles. The van der Waals surface area contributed by atoms with Crippen LogP contribution < -0.4 is 9.62 Å². The van der Waals surface area contributed by atoms with Crippen molar-refractivity contribution in [3.63, 3.8) is 0 Å². The SMILES string of the molecule is CCNC(=O)[C@H](Cc1ccccc1)N(Cc1cccc(Cl)c1)C(=O)CN(c1ccc(C)c(C)c1)S(=O)(=O)c1ccc(Cl)cc1. The van der Waals surface area contributed by atoms with Gasteiger partial charge in [0.1, 0.15) is 12.6 Å². The van der Waals surface area contributed by atoms with Gasteiger partial charge in [0.25, 0.3) is 10.0 Å². The van der Waals surface area contributed by atoms with Crippen molar-refractivity contribution in [2.75, 3.05) is 17.4 Å². The Kier molecular flexibility index (Phi) is 11.1. The number of likely N-dealkylation sites (N-methyl/N-ethyl adjacent to an activating group) is 1. The number of aryl methyl sites for hydroxylation is 2. The largest absolute Gasteiger partial charge is 0.355 e. The number of halogens is 2. The third kappa shape index (κ3) is 8.20. The predicted molar refractivity (Wildman–Crippen MR) is 177 cm³/mol. The number of nitrogens with zero attached hydrogens (tertiary/aromatic N) is 2. The highest BCUT2D eigenvalue weighted by Crippen LogP contribution is 2.28. The smallest absolute Gasteiger partial charge is 0.264 e. The standard InChI is InChI=1S/C34H35Cl2N3O4S/c1-4-37-34(41)32(21-26-9-6-5-7-10-26)38(22-27-11-8-12-29(36)20-27)33(40)23-39(30-16-13-24(2)25(3)19-30)44(42,43)31-17-14-28(35)15-18-31/h5-20,32H,4,21-23H2,1-3H3,(H,37,41)/t32-/m0/s1. The van der Waals surface area contributed by atoms with Crippen LogP contribution >= 0.6 is 23.2 Å². The number of benzene rings is 4. The molecule has 230 valence electrons. The van der Waals surface area contributed by atoms with Crippen molar-refractivity contribution >= 4 is 50.7 Å². The third-order valence-electron chi connectivity index (χ3n) is 7.32. The number of anilines is 1. The molecule has 0 aromatic heterocycles. The van der Waals surface area contributed by atoms with Gasteiger partial charge in [-0.05, 0) is 91.6 Å². The van der Waals surface area contributed by atoms with Crippen LogP contribution in [0.15, 0.2) is 102 Å². The van der Waals surface area contributed by atoms with E-state index in [-0.39, 0.29) is 23.8 Å². The molecule has 0 bridgehead atoms. The number of rotatable bonds is 12. The van der Waals surface area contributed by atoms with Crippen molar-refractivity contribution < 1.29 is 18.0 Å². The highest BCUT2D eigenvalue weighted by Gasteiger charge is 2.34. The molecule has 2 amide bonds. The van der Waals surface area contributed by atoms with Crippen LogP contribution in [0.3, 0.4) is 0 Å². The Hall–Kier alpha value is -3.85. The zero-order chi connectivity index (χ0) is 31.9. The van der Waals surface area contributed by atoms with Crippen LogP contribution in [0.4, 0.5) is 5.69 Å². The van der Waals surface area contributed by atoms with Crippen LogP contribution in [0, 0.1) is 13.8 Å². The second-order valence-corrected chi connectivity index (χ2v) is 13.2. The van der Waals surface area contributed by atoms with E-state index < -0.39 is 28.5 Å². The summed E-state index contributed by atoms with van der Waals surface area (Å²) in [5, 5.41) is 3.72.